The normalized spacial score (nSPS) is 31.2. The minimum atomic E-state index is -0.709. The summed E-state index contributed by atoms with van der Waals surface area (Å²) in [5.41, 5.74) is 2.18. The second-order valence-electron chi connectivity index (χ2n) is 9.37. The number of methoxy groups -OCH3 is 1. The van der Waals surface area contributed by atoms with Crippen molar-refractivity contribution < 1.29 is 19.0 Å². The van der Waals surface area contributed by atoms with Gasteiger partial charge in [-0.1, -0.05) is 12.1 Å². The van der Waals surface area contributed by atoms with Gasteiger partial charge in [0, 0.05) is 18.2 Å². The Morgan fingerprint density at radius 1 is 1.03 bits per heavy atom. The van der Waals surface area contributed by atoms with E-state index in [2.05, 4.69) is 12.1 Å². The predicted octanol–water partition coefficient (Wildman–Crippen LogP) is 5.47. The Morgan fingerprint density at radius 2 is 1.72 bits per heavy atom. The standard InChI is InChI=1S/C25H30O4/c1-3-28-24(27-2)29-23-11-20-5-4-16(15-26)9-21(20)10-22(23)25-12-17-6-18(13-25)8-19(7-17)14-25/h4-5,9-11,15,17-19,24H,3,6-8,12-14H2,1-2H3. The minimum Gasteiger partial charge on any atom is -0.441 e. The Morgan fingerprint density at radius 3 is 2.31 bits per heavy atom. The fraction of sp³-hybridized carbons (Fsp3) is 0.560. The SMILES string of the molecule is CCOC(OC)Oc1cc2ccc(C=O)cc2cc1C12CC3CC(CC(C3)C1)C2. The van der Waals surface area contributed by atoms with Gasteiger partial charge in [0.2, 0.25) is 0 Å². The lowest BCUT2D eigenvalue weighted by atomic mass is 9.48. The van der Waals surface area contributed by atoms with Crippen molar-refractivity contribution in [2.75, 3.05) is 13.7 Å². The highest BCUT2D eigenvalue weighted by atomic mass is 16.8. The van der Waals surface area contributed by atoms with Crippen LogP contribution in [0.5, 0.6) is 5.75 Å². The molecule has 4 bridgehead atoms. The molecule has 4 fully saturated rings. The number of aldehydes is 1. The van der Waals surface area contributed by atoms with Gasteiger partial charge in [0.1, 0.15) is 12.0 Å². The molecule has 0 saturated heterocycles. The molecule has 0 N–H and O–H groups in total. The van der Waals surface area contributed by atoms with Crippen LogP contribution in [0.4, 0.5) is 0 Å². The molecule has 4 aliphatic rings. The lowest BCUT2D eigenvalue weighted by Crippen LogP contribution is -2.48. The van der Waals surface area contributed by atoms with Crippen molar-refractivity contribution in [3.05, 3.63) is 41.5 Å². The quantitative estimate of drug-likeness (QED) is 0.462. The van der Waals surface area contributed by atoms with Crippen LogP contribution >= 0.6 is 0 Å². The average Bonchev–Trinajstić information content (AvgIpc) is 2.71. The smallest absolute Gasteiger partial charge is 0.315 e. The molecule has 4 aliphatic carbocycles. The summed E-state index contributed by atoms with van der Waals surface area (Å²) in [6.07, 6.45) is 8.87. The van der Waals surface area contributed by atoms with E-state index in [9.17, 15) is 4.79 Å². The van der Waals surface area contributed by atoms with E-state index in [-0.39, 0.29) is 5.41 Å². The van der Waals surface area contributed by atoms with Gasteiger partial charge in [-0.05, 0) is 97.6 Å². The first-order valence-electron chi connectivity index (χ1n) is 11.0. The highest BCUT2D eigenvalue weighted by molar-refractivity contribution is 5.90. The number of benzene rings is 2. The Hall–Kier alpha value is -1.91. The number of carbonyl (C=O) groups excluding carboxylic acids is 1. The van der Waals surface area contributed by atoms with Gasteiger partial charge in [0.25, 0.3) is 0 Å². The molecule has 0 amide bonds. The number of ether oxygens (including phenoxy) is 3. The summed E-state index contributed by atoms with van der Waals surface area (Å²) in [5, 5.41) is 2.18. The highest BCUT2D eigenvalue weighted by Crippen LogP contribution is 2.62. The lowest BCUT2D eigenvalue weighted by molar-refractivity contribution is -0.231. The summed E-state index contributed by atoms with van der Waals surface area (Å²) < 4.78 is 17.3. The van der Waals surface area contributed by atoms with E-state index in [0.29, 0.717) is 12.2 Å². The van der Waals surface area contributed by atoms with Gasteiger partial charge in [-0.15, -0.1) is 0 Å². The van der Waals surface area contributed by atoms with Gasteiger partial charge in [-0.25, -0.2) is 0 Å². The first-order valence-corrected chi connectivity index (χ1v) is 11.0. The zero-order valence-electron chi connectivity index (χ0n) is 17.4. The number of rotatable bonds is 7. The second kappa shape index (κ2) is 7.41. The predicted molar refractivity (Wildman–Crippen MR) is 112 cm³/mol. The third kappa shape index (κ3) is 3.36. The van der Waals surface area contributed by atoms with Crippen molar-refractivity contribution in [3.63, 3.8) is 0 Å². The van der Waals surface area contributed by atoms with Crippen LogP contribution in [0.25, 0.3) is 10.8 Å². The van der Waals surface area contributed by atoms with Crippen molar-refractivity contribution in [2.24, 2.45) is 17.8 Å². The Kier molecular flexibility index (Phi) is 4.87. The summed E-state index contributed by atoms with van der Waals surface area (Å²) in [7, 11) is 1.61. The molecule has 0 spiro atoms. The molecule has 0 aromatic heterocycles. The van der Waals surface area contributed by atoms with Crippen molar-refractivity contribution in [2.45, 2.75) is 57.3 Å². The molecule has 154 valence electrons. The fourth-order valence-electron chi connectivity index (χ4n) is 6.71. The molecule has 6 rings (SSSR count). The molecule has 1 atom stereocenters. The molecule has 0 radical (unpaired) electrons. The third-order valence-electron chi connectivity index (χ3n) is 7.43. The van der Waals surface area contributed by atoms with E-state index in [1.54, 1.807) is 7.11 Å². The number of fused-ring (bicyclic) bond motifs is 1. The van der Waals surface area contributed by atoms with E-state index < -0.39 is 6.48 Å². The Balaban J connectivity index is 1.63. The average molecular weight is 395 g/mol. The lowest BCUT2D eigenvalue weighted by Gasteiger charge is -2.57. The molecule has 0 heterocycles. The maximum absolute atomic E-state index is 11.3. The van der Waals surface area contributed by atoms with Gasteiger partial charge in [0.15, 0.2) is 0 Å². The van der Waals surface area contributed by atoms with Crippen molar-refractivity contribution in [3.8, 4) is 5.75 Å². The third-order valence-corrected chi connectivity index (χ3v) is 7.43. The van der Waals surface area contributed by atoms with Gasteiger partial charge < -0.3 is 14.2 Å². The molecule has 2 aromatic rings. The van der Waals surface area contributed by atoms with Crippen LogP contribution in [0.2, 0.25) is 0 Å². The number of hydrogen-bond acceptors (Lipinski definition) is 4. The molecule has 4 nitrogen and oxygen atoms in total. The van der Waals surface area contributed by atoms with E-state index in [4.69, 9.17) is 14.2 Å². The molecule has 4 heteroatoms. The number of hydrogen-bond donors (Lipinski definition) is 0. The Labute approximate surface area is 172 Å². The summed E-state index contributed by atoms with van der Waals surface area (Å²) in [6, 6.07) is 10.2. The van der Waals surface area contributed by atoms with Crippen LogP contribution in [0, 0.1) is 17.8 Å². The fourth-order valence-corrected chi connectivity index (χ4v) is 6.71. The van der Waals surface area contributed by atoms with Gasteiger partial charge in [-0.2, -0.15) is 0 Å². The first-order chi connectivity index (χ1) is 14.1. The molecular weight excluding hydrogens is 364 g/mol. The molecule has 2 aromatic carbocycles. The number of carbonyl (C=O) groups is 1. The highest BCUT2D eigenvalue weighted by Gasteiger charge is 2.52. The monoisotopic (exact) mass is 394 g/mol. The topological polar surface area (TPSA) is 44.8 Å². The zero-order valence-corrected chi connectivity index (χ0v) is 17.4. The van der Waals surface area contributed by atoms with Gasteiger partial charge in [0.05, 0.1) is 6.61 Å². The van der Waals surface area contributed by atoms with E-state index in [1.807, 2.05) is 25.1 Å². The van der Waals surface area contributed by atoms with Crippen molar-refractivity contribution in [1.82, 2.24) is 0 Å². The van der Waals surface area contributed by atoms with Crippen molar-refractivity contribution >= 4 is 17.1 Å². The van der Waals surface area contributed by atoms with E-state index in [1.165, 1.54) is 44.1 Å². The van der Waals surface area contributed by atoms with Crippen molar-refractivity contribution in [1.29, 1.82) is 0 Å². The molecule has 29 heavy (non-hydrogen) atoms. The van der Waals surface area contributed by atoms with Gasteiger partial charge >= 0.3 is 6.48 Å². The zero-order chi connectivity index (χ0) is 20.0. The van der Waals surface area contributed by atoms with Crippen LogP contribution in [0.3, 0.4) is 0 Å². The van der Waals surface area contributed by atoms with Crippen LogP contribution in [0.1, 0.15) is 61.4 Å². The summed E-state index contributed by atoms with van der Waals surface area (Å²) in [4.78, 5) is 11.3. The first kappa shape index (κ1) is 19.1. The maximum atomic E-state index is 11.3. The minimum absolute atomic E-state index is 0.181. The van der Waals surface area contributed by atoms with Crippen LogP contribution in [-0.2, 0) is 14.9 Å². The van der Waals surface area contributed by atoms with E-state index in [0.717, 1.165) is 40.6 Å². The second-order valence-corrected chi connectivity index (χ2v) is 9.37. The van der Waals surface area contributed by atoms with Crippen LogP contribution in [-0.4, -0.2) is 26.5 Å². The maximum Gasteiger partial charge on any atom is 0.315 e. The molecule has 0 aliphatic heterocycles. The summed E-state index contributed by atoms with van der Waals surface area (Å²) in [5.74, 6) is 3.40. The molecule has 4 saturated carbocycles. The van der Waals surface area contributed by atoms with Gasteiger partial charge in [-0.3, -0.25) is 4.79 Å². The largest absolute Gasteiger partial charge is 0.441 e. The summed E-state index contributed by atoms with van der Waals surface area (Å²) in [6.45, 7) is 1.76. The molecular formula is C25H30O4. The van der Waals surface area contributed by atoms with E-state index >= 15 is 0 Å². The summed E-state index contributed by atoms with van der Waals surface area (Å²) >= 11 is 0. The Bertz CT molecular complexity index is 883. The van der Waals surface area contributed by atoms with Crippen LogP contribution in [0.15, 0.2) is 30.3 Å². The van der Waals surface area contributed by atoms with Crippen LogP contribution < -0.4 is 4.74 Å². The molecule has 1 unspecified atom stereocenters.